The molecule has 0 saturated heterocycles. The quantitative estimate of drug-likeness (QED) is 0.747. The van der Waals surface area contributed by atoms with Crippen LogP contribution >= 0.6 is 0 Å². The lowest BCUT2D eigenvalue weighted by Gasteiger charge is -2.50. The van der Waals surface area contributed by atoms with Gasteiger partial charge in [0, 0.05) is 23.5 Å². The lowest BCUT2D eigenvalue weighted by atomic mass is 9.64. The maximum absolute atomic E-state index is 11.8. The number of carbonyl (C=O) groups excluding carboxylic acids is 1. The van der Waals surface area contributed by atoms with Gasteiger partial charge in [0.15, 0.2) is 0 Å². The molecule has 0 aliphatic heterocycles. The van der Waals surface area contributed by atoms with Crippen molar-refractivity contribution in [3.63, 3.8) is 0 Å². The van der Waals surface area contributed by atoms with Gasteiger partial charge in [0.2, 0.25) is 0 Å². The Morgan fingerprint density at radius 2 is 1.81 bits per heavy atom. The summed E-state index contributed by atoms with van der Waals surface area (Å²) in [5, 5.41) is 16.4. The molecule has 0 bridgehead atoms. The minimum absolute atomic E-state index is 0.0450. The Morgan fingerprint density at radius 3 is 2.33 bits per heavy atom. The SMILES string of the molecule is CC(C)(C)OC(=O)NC1CCC(NC2CC(O)C2(C)C)C1. The maximum Gasteiger partial charge on any atom is 0.407 e. The Morgan fingerprint density at radius 1 is 1.19 bits per heavy atom. The van der Waals surface area contributed by atoms with Crippen molar-refractivity contribution in [1.82, 2.24) is 10.6 Å². The monoisotopic (exact) mass is 298 g/mol. The van der Waals surface area contributed by atoms with Gasteiger partial charge in [-0.05, 0) is 46.5 Å². The fraction of sp³-hybridized carbons (Fsp3) is 0.938. The fourth-order valence-corrected chi connectivity index (χ4v) is 3.21. The molecular formula is C16H30N2O3. The van der Waals surface area contributed by atoms with Gasteiger partial charge in [-0.25, -0.2) is 4.79 Å². The molecule has 4 atom stereocenters. The van der Waals surface area contributed by atoms with Crippen LogP contribution in [0.4, 0.5) is 4.79 Å². The highest BCUT2D eigenvalue weighted by Crippen LogP contribution is 2.41. The fourth-order valence-electron chi connectivity index (χ4n) is 3.21. The summed E-state index contributed by atoms with van der Waals surface area (Å²) in [6, 6.07) is 0.977. The number of nitrogens with one attached hydrogen (secondary N) is 2. The summed E-state index contributed by atoms with van der Waals surface area (Å²) >= 11 is 0. The van der Waals surface area contributed by atoms with Gasteiger partial charge >= 0.3 is 6.09 Å². The largest absolute Gasteiger partial charge is 0.444 e. The number of hydrogen-bond donors (Lipinski definition) is 3. The van der Waals surface area contributed by atoms with Crippen LogP contribution in [-0.2, 0) is 4.74 Å². The van der Waals surface area contributed by atoms with Crippen molar-refractivity contribution in [2.75, 3.05) is 0 Å². The molecule has 0 aromatic heterocycles. The van der Waals surface area contributed by atoms with E-state index in [0.717, 1.165) is 25.7 Å². The number of amides is 1. The first-order chi connectivity index (χ1) is 9.58. The van der Waals surface area contributed by atoms with Gasteiger partial charge in [0.05, 0.1) is 6.10 Å². The van der Waals surface area contributed by atoms with Crippen LogP contribution in [0, 0.1) is 5.41 Å². The molecule has 3 N–H and O–H groups in total. The van der Waals surface area contributed by atoms with Crippen LogP contribution in [0.3, 0.4) is 0 Å². The van der Waals surface area contributed by atoms with E-state index >= 15 is 0 Å². The number of aliphatic hydroxyl groups is 1. The third kappa shape index (κ3) is 4.10. The molecule has 2 fully saturated rings. The average molecular weight is 298 g/mol. The van der Waals surface area contributed by atoms with Crippen molar-refractivity contribution in [3.8, 4) is 0 Å². The zero-order chi connectivity index (χ0) is 15.8. The minimum Gasteiger partial charge on any atom is -0.444 e. The van der Waals surface area contributed by atoms with Crippen molar-refractivity contribution >= 4 is 6.09 Å². The Balaban J connectivity index is 1.73. The maximum atomic E-state index is 11.8. The second-order valence-electron chi connectivity index (χ2n) is 8.15. The van der Waals surface area contributed by atoms with Crippen molar-refractivity contribution in [1.29, 1.82) is 0 Å². The van der Waals surface area contributed by atoms with Gasteiger partial charge in [-0.3, -0.25) is 0 Å². The molecule has 2 rings (SSSR count). The molecule has 0 aromatic rings. The molecule has 0 radical (unpaired) electrons. The van der Waals surface area contributed by atoms with E-state index in [-0.39, 0.29) is 23.7 Å². The molecule has 122 valence electrons. The van der Waals surface area contributed by atoms with Crippen molar-refractivity contribution < 1.29 is 14.6 Å². The first kappa shape index (κ1) is 16.6. The highest BCUT2D eigenvalue weighted by atomic mass is 16.6. The van der Waals surface area contributed by atoms with E-state index < -0.39 is 5.60 Å². The summed E-state index contributed by atoms with van der Waals surface area (Å²) in [6.45, 7) is 9.81. The van der Waals surface area contributed by atoms with Crippen molar-refractivity contribution in [2.24, 2.45) is 5.41 Å². The molecule has 21 heavy (non-hydrogen) atoms. The summed E-state index contributed by atoms with van der Waals surface area (Å²) in [6.07, 6.45) is 3.27. The van der Waals surface area contributed by atoms with Crippen LogP contribution in [0.2, 0.25) is 0 Å². The molecule has 2 saturated carbocycles. The van der Waals surface area contributed by atoms with Gasteiger partial charge < -0.3 is 20.5 Å². The number of alkyl carbamates (subject to hydrolysis) is 1. The van der Waals surface area contributed by atoms with Crippen LogP contribution in [0.5, 0.6) is 0 Å². The van der Waals surface area contributed by atoms with E-state index in [1.54, 1.807) is 0 Å². The Kier molecular flexibility index (Phi) is 4.54. The number of carbonyl (C=O) groups is 1. The predicted molar refractivity (Wildman–Crippen MR) is 82.1 cm³/mol. The first-order valence-electron chi connectivity index (χ1n) is 8.01. The zero-order valence-corrected chi connectivity index (χ0v) is 13.9. The van der Waals surface area contributed by atoms with Gasteiger partial charge in [-0.1, -0.05) is 13.8 Å². The molecule has 4 unspecified atom stereocenters. The third-order valence-corrected chi connectivity index (χ3v) is 4.81. The normalized spacial score (nSPS) is 35.1. The van der Waals surface area contributed by atoms with Crippen LogP contribution < -0.4 is 10.6 Å². The summed E-state index contributed by atoms with van der Waals surface area (Å²) in [5.74, 6) is 0. The Bertz CT molecular complexity index is 389. The standard InChI is InChI=1S/C16H30N2O3/c1-15(2,3)21-14(20)18-11-7-6-10(8-11)17-12-9-13(19)16(12,4)5/h10-13,17,19H,6-9H2,1-5H3,(H,18,20). The Hall–Kier alpha value is -0.810. The van der Waals surface area contributed by atoms with Gasteiger partial charge in [-0.2, -0.15) is 0 Å². The van der Waals surface area contributed by atoms with E-state index in [2.05, 4.69) is 24.5 Å². The first-order valence-corrected chi connectivity index (χ1v) is 8.01. The second-order valence-corrected chi connectivity index (χ2v) is 8.15. The van der Waals surface area contributed by atoms with Crippen molar-refractivity contribution in [3.05, 3.63) is 0 Å². The van der Waals surface area contributed by atoms with Crippen LogP contribution in [0.25, 0.3) is 0 Å². The number of rotatable bonds is 3. The summed E-state index contributed by atoms with van der Waals surface area (Å²) in [5.41, 5.74) is -0.497. The summed E-state index contributed by atoms with van der Waals surface area (Å²) in [4.78, 5) is 11.8. The number of aliphatic hydroxyl groups excluding tert-OH is 1. The molecule has 1 amide bonds. The van der Waals surface area contributed by atoms with E-state index in [1.807, 2.05) is 20.8 Å². The molecular weight excluding hydrogens is 268 g/mol. The molecule has 5 nitrogen and oxygen atoms in total. The number of ether oxygens (including phenoxy) is 1. The van der Waals surface area contributed by atoms with E-state index in [4.69, 9.17) is 4.74 Å². The molecule has 2 aliphatic carbocycles. The van der Waals surface area contributed by atoms with E-state index in [1.165, 1.54) is 0 Å². The summed E-state index contributed by atoms with van der Waals surface area (Å²) < 4.78 is 5.29. The van der Waals surface area contributed by atoms with Crippen LogP contribution in [0.15, 0.2) is 0 Å². The zero-order valence-electron chi connectivity index (χ0n) is 13.9. The van der Waals surface area contributed by atoms with Gasteiger partial charge in [0.1, 0.15) is 5.60 Å². The second kappa shape index (κ2) is 5.76. The molecule has 5 heteroatoms. The van der Waals surface area contributed by atoms with Crippen LogP contribution in [-0.4, -0.2) is 41.0 Å². The van der Waals surface area contributed by atoms with E-state index in [0.29, 0.717) is 12.1 Å². The lowest BCUT2D eigenvalue weighted by Crippen LogP contribution is -2.61. The van der Waals surface area contributed by atoms with Gasteiger partial charge in [0.25, 0.3) is 0 Å². The van der Waals surface area contributed by atoms with Crippen LogP contribution in [0.1, 0.15) is 60.3 Å². The van der Waals surface area contributed by atoms with E-state index in [9.17, 15) is 9.90 Å². The van der Waals surface area contributed by atoms with Crippen molar-refractivity contribution in [2.45, 2.75) is 90.1 Å². The highest BCUT2D eigenvalue weighted by Gasteiger charge is 2.48. The smallest absolute Gasteiger partial charge is 0.407 e. The molecule has 0 heterocycles. The summed E-state index contributed by atoms with van der Waals surface area (Å²) in [7, 11) is 0. The predicted octanol–water partition coefficient (Wildman–Crippen LogP) is 2.18. The highest BCUT2D eigenvalue weighted by molar-refractivity contribution is 5.68. The molecule has 2 aliphatic rings. The lowest BCUT2D eigenvalue weighted by molar-refractivity contribution is -0.0757. The molecule has 0 aromatic carbocycles. The number of hydrogen-bond acceptors (Lipinski definition) is 4. The third-order valence-electron chi connectivity index (χ3n) is 4.81. The topological polar surface area (TPSA) is 70.6 Å². The Labute approximate surface area is 127 Å². The average Bonchev–Trinajstić information content (AvgIpc) is 2.73. The molecule has 0 spiro atoms. The van der Waals surface area contributed by atoms with Gasteiger partial charge in [-0.15, -0.1) is 0 Å². The minimum atomic E-state index is -0.452.